The average Bonchev–Trinajstić information content (AvgIpc) is 3.07. The Hall–Kier alpha value is -1.03. The van der Waals surface area contributed by atoms with Crippen LogP contribution in [0.5, 0.6) is 0 Å². The van der Waals surface area contributed by atoms with E-state index in [1.54, 1.807) is 0 Å². The predicted octanol–water partition coefficient (Wildman–Crippen LogP) is 2.88. The van der Waals surface area contributed by atoms with Gasteiger partial charge in [0.1, 0.15) is 6.04 Å². The van der Waals surface area contributed by atoms with E-state index in [1.807, 2.05) is 11.9 Å². The highest BCUT2D eigenvalue weighted by molar-refractivity contribution is 9.10. The van der Waals surface area contributed by atoms with Gasteiger partial charge in [0.25, 0.3) is 0 Å². The Kier molecular flexibility index (Phi) is 2.32. The van der Waals surface area contributed by atoms with Crippen molar-refractivity contribution in [2.45, 2.75) is 37.3 Å². The third-order valence-corrected chi connectivity index (χ3v) is 5.50. The fourth-order valence-corrected chi connectivity index (χ4v) is 4.14. The maximum Gasteiger partial charge on any atom is 0.245 e. The number of amides is 1. The van der Waals surface area contributed by atoms with Gasteiger partial charge in [0, 0.05) is 29.3 Å². The van der Waals surface area contributed by atoms with Crippen molar-refractivity contribution in [3.63, 3.8) is 0 Å². The average molecular weight is 321 g/mol. The molecular weight excluding hydrogens is 304 g/mol. The molecule has 1 aromatic rings. The lowest BCUT2D eigenvalue weighted by Gasteiger charge is -2.28. The fourth-order valence-electron chi connectivity index (χ4n) is 3.79. The van der Waals surface area contributed by atoms with E-state index in [4.69, 9.17) is 0 Å². The van der Waals surface area contributed by atoms with Crippen molar-refractivity contribution in [2.24, 2.45) is 0 Å². The molecule has 3 aliphatic rings. The van der Waals surface area contributed by atoms with E-state index < -0.39 is 0 Å². The minimum Gasteiger partial charge on any atom is -0.359 e. The highest BCUT2D eigenvalue weighted by Crippen LogP contribution is 2.56. The van der Waals surface area contributed by atoms with Crippen LogP contribution in [0.3, 0.4) is 0 Å². The van der Waals surface area contributed by atoms with Crippen LogP contribution in [0, 0.1) is 0 Å². The molecule has 1 saturated carbocycles. The van der Waals surface area contributed by atoms with Crippen LogP contribution in [0.2, 0.25) is 0 Å². The zero-order valence-electron chi connectivity index (χ0n) is 11.0. The van der Waals surface area contributed by atoms with Gasteiger partial charge in [-0.05, 0) is 37.8 Å². The molecule has 4 rings (SSSR count). The highest BCUT2D eigenvalue weighted by Gasteiger charge is 2.55. The van der Waals surface area contributed by atoms with E-state index in [0.717, 1.165) is 36.7 Å². The zero-order valence-corrected chi connectivity index (χ0v) is 12.6. The van der Waals surface area contributed by atoms with Gasteiger partial charge in [-0.1, -0.05) is 22.0 Å². The quantitative estimate of drug-likeness (QED) is 0.734. The molecule has 2 aliphatic heterocycles. The molecule has 100 valence electrons. The Bertz CT molecular complexity index is 567. The largest absolute Gasteiger partial charge is 0.359 e. The molecule has 1 aliphatic carbocycles. The first-order chi connectivity index (χ1) is 9.13. The molecule has 1 spiro atoms. The number of benzene rings is 1. The third-order valence-electron chi connectivity index (χ3n) is 5.00. The topological polar surface area (TPSA) is 23.6 Å². The van der Waals surface area contributed by atoms with Gasteiger partial charge in [-0.2, -0.15) is 0 Å². The van der Waals surface area contributed by atoms with Crippen molar-refractivity contribution >= 4 is 27.5 Å². The summed E-state index contributed by atoms with van der Waals surface area (Å²) in [5.74, 6) is 0.308. The van der Waals surface area contributed by atoms with Gasteiger partial charge in [-0.3, -0.25) is 4.79 Å². The summed E-state index contributed by atoms with van der Waals surface area (Å²) >= 11 is 3.58. The fraction of sp³-hybridized carbons (Fsp3) is 0.533. The van der Waals surface area contributed by atoms with Gasteiger partial charge >= 0.3 is 0 Å². The van der Waals surface area contributed by atoms with Crippen LogP contribution in [-0.2, 0) is 10.3 Å². The first-order valence-electron chi connectivity index (χ1n) is 6.98. The number of nitrogens with zero attached hydrogens (tertiary/aromatic N) is 2. The molecule has 0 radical (unpaired) electrons. The summed E-state index contributed by atoms with van der Waals surface area (Å²) in [4.78, 5) is 17.1. The molecule has 2 heterocycles. The molecule has 1 saturated heterocycles. The Morgan fingerprint density at radius 3 is 2.89 bits per heavy atom. The van der Waals surface area contributed by atoms with Crippen molar-refractivity contribution in [1.82, 2.24) is 4.90 Å². The predicted molar refractivity (Wildman–Crippen MR) is 78.2 cm³/mol. The number of anilines is 1. The molecule has 0 bridgehead atoms. The number of carbonyl (C=O) groups excluding carboxylic acids is 1. The molecule has 1 atom stereocenters. The standard InChI is InChI=1S/C15H17BrN2O/c1-17-14(19)12-3-2-8-18(12)13-9-10(16)4-5-11(13)15(17)6-7-15/h4-5,9,12H,2-3,6-8H2,1H3. The second-order valence-corrected chi connectivity index (χ2v) is 6.86. The lowest BCUT2D eigenvalue weighted by atomic mass is 10.0. The number of fused-ring (bicyclic) bond motifs is 4. The molecule has 19 heavy (non-hydrogen) atoms. The SMILES string of the molecule is CN1C(=O)C2CCCN2c2cc(Br)ccc2C12CC2. The van der Waals surface area contributed by atoms with Crippen molar-refractivity contribution in [3.8, 4) is 0 Å². The molecule has 1 aromatic carbocycles. The Morgan fingerprint density at radius 2 is 2.16 bits per heavy atom. The van der Waals surface area contributed by atoms with E-state index in [9.17, 15) is 4.79 Å². The van der Waals surface area contributed by atoms with E-state index in [1.165, 1.54) is 11.3 Å². The number of likely N-dealkylation sites (N-methyl/N-ethyl adjacent to an activating group) is 1. The first-order valence-corrected chi connectivity index (χ1v) is 7.77. The molecule has 0 aromatic heterocycles. The zero-order chi connectivity index (χ0) is 13.2. The molecule has 1 unspecified atom stereocenters. The van der Waals surface area contributed by atoms with Gasteiger partial charge in [0.2, 0.25) is 5.91 Å². The monoisotopic (exact) mass is 320 g/mol. The van der Waals surface area contributed by atoms with Crippen LogP contribution in [-0.4, -0.2) is 30.4 Å². The Morgan fingerprint density at radius 1 is 1.37 bits per heavy atom. The third kappa shape index (κ3) is 1.46. The van der Waals surface area contributed by atoms with Crippen LogP contribution in [0.4, 0.5) is 5.69 Å². The summed E-state index contributed by atoms with van der Waals surface area (Å²) in [5.41, 5.74) is 2.60. The second kappa shape index (κ2) is 3.75. The molecular formula is C15H17BrN2O. The maximum absolute atomic E-state index is 12.7. The Labute approximate surface area is 121 Å². The summed E-state index contributed by atoms with van der Waals surface area (Å²) < 4.78 is 1.10. The lowest BCUT2D eigenvalue weighted by Crippen LogP contribution is -2.44. The minimum atomic E-state index is -0.0164. The van der Waals surface area contributed by atoms with E-state index in [0.29, 0.717) is 5.91 Å². The van der Waals surface area contributed by atoms with E-state index >= 15 is 0 Å². The van der Waals surface area contributed by atoms with Crippen LogP contribution in [0.15, 0.2) is 22.7 Å². The van der Waals surface area contributed by atoms with Crippen molar-refractivity contribution in [2.75, 3.05) is 18.5 Å². The normalized spacial score (nSPS) is 27.3. The summed E-state index contributed by atoms with van der Waals surface area (Å²) in [7, 11) is 1.99. The van der Waals surface area contributed by atoms with Gasteiger partial charge < -0.3 is 9.80 Å². The number of hydrogen-bond acceptors (Lipinski definition) is 2. The molecule has 1 amide bonds. The molecule has 3 nitrogen and oxygen atoms in total. The first kappa shape index (κ1) is 11.8. The maximum atomic E-state index is 12.7. The van der Waals surface area contributed by atoms with E-state index in [2.05, 4.69) is 39.0 Å². The van der Waals surface area contributed by atoms with Crippen LogP contribution in [0.1, 0.15) is 31.2 Å². The summed E-state index contributed by atoms with van der Waals surface area (Å²) in [6, 6.07) is 6.56. The number of carbonyl (C=O) groups is 1. The van der Waals surface area contributed by atoms with Crippen molar-refractivity contribution in [3.05, 3.63) is 28.2 Å². The van der Waals surface area contributed by atoms with Crippen LogP contribution in [0.25, 0.3) is 0 Å². The van der Waals surface area contributed by atoms with Crippen LogP contribution < -0.4 is 4.90 Å². The van der Waals surface area contributed by atoms with Gasteiger partial charge in [0.15, 0.2) is 0 Å². The van der Waals surface area contributed by atoms with Crippen molar-refractivity contribution in [1.29, 1.82) is 0 Å². The lowest BCUT2D eigenvalue weighted by molar-refractivity contribution is -0.133. The number of hydrogen-bond donors (Lipinski definition) is 0. The van der Waals surface area contributed by atoms with E-state index in [-0.39, 0.29) is 11.6 Å². The van der Waals surface area contributed by atoms with Crippen LogP contribution >= 0.6 is 15.9 Å². The second-order valence-electron chi connectivity index (χ2n) is 5.94. The Balaban J connectivity index is 1.95. The summed E-state index contributed by atoms with van der Waals surface area (Å²) in [6.07, 6.45) is 4.31. The molecule has 0 N–H and O–H groups in total. The number of rotatable bonds is 0. The molecule has 4 heteroatoms. The highest BCUT2D eigenvalue weighted by atomic mass is 79.9. The molecule has 2 fully saturated rings. The van der Waals surface area contributed by atoms with Crippen molar-refractivity contribution < 1.29 is 4.79 Å². The summed E-state index contributed by atoms with van der Waals surface area (Å²) in [6.45, 7) is 1.00. The van der Waals surface area contributed by atoms with Gasteiger partial charge in [-0.15, -0.1) is 0 Å². The number of halogens is 1. The minimum absolute atomic E-state index is 0.0164. The summed E-state index contributed by atoms with van der Waals surface area (Å²) in [5, 5.41) is 0. The smallest absolute Gasteiger partial charge is 0.245 e. The van der Waals surface area contributed by atoms with Gasteiger partial charge in [0.05, 0.1) is 5.54 Å². The van der Waals surface area contributed by atoms with Gasteiger partial charge in [-0.25, -0.2) is 0 Å².